The fourth-order valence-corrected chi connectivity index (χ4v) is 4.25. The summed E-state index contributed by atoms with van der Waals surface area (Å²) in [6.07, 6.45) is 0. The van der Waals surface area contributed by atoms with Crippen LogP contribution in [0.3, 0.4) is 0 Å². The molecule has 2 aromatic carbocycles. The Balaban J connectivity index is 1.59. The minimum absolute atomic E-state index is 0.00448. The quantitative estimate of drug-likeness (QED) is 0.531. The summed E-state index contributed by atoms with van der Waals surface area (Å²) in [4.78, 5) is 29.1. The number of benzene rings is 2. The molecule has 32 heavy (non-hydrogen) atoms. The SMILES string of the molecule is CC1CN(c2cc(N3CCOCC3)c(F)cc2[N+](=O)[O-])CCN1C(=O)c1ccccc1F. The van der Waals surface area contributed by atoms with Gasteiger partial charge in [-0.25, -0.2) is 8.78 Å². The summed E-state index contributed by atoms with van der Waals surface area (Å²) in [5.41, 5.74) is 0.282. The first-order valence-electron chi connectivity index (χ1n) is 10.5. The number of carbonyl (C=O) groups excluding carboxylic acids is 1. The number of morpholine rings is 1. The van der Waals surface area contributed by atoms with Crippen molar-refractivity contribution in [2.24, 2.45) is 0 Å². The molecule has 2 aromatic rings. The van der Waals surface area contributed by atoms with Crippen LogP contribution >= 0.6 is 0 Å². The summed E-state index contributed by atoms with van der Waals surface area (Å²) in [5.74, 6) is -1.65. The predicted octanol–water partition coefficient (Wildman–Crippen LogP) is 3.06. The van der Waals surface area contributed by atoms with E-state index >= 15 is 0 Å². The maximum absolute atomic E-state index is 14.7. The third kappa shape index (κ3) is 4.22. The topological polar surface area (TPSA) is 79.2 Å². The van der Waals surface area contributed by atoms with Gasteiger partial charge in [0.2, 0.25) is 0 Å². The van der Waals surface area contributed by atoms with Gasteiger partial charge in [-0.3, -0.25) is 14.9 Å². The van der Waals surface area contributed by atoms with E-state index in [0.717, 1.165) is 6.07 Å². The highest BCUT2D eigenvalue weighted by Crippen LogP contribution is 2.36. The molecule has 8 nitrogen and oxygen atoms in total. The second-order valence-electron chi connectivity index (χ2n) is 7.92. The molecule has 2 fully saturated rings. The highest BCUT2D eigenvalue weighted by molar-refractivity contribution is 5.95. The van der Waals surface area contributed by atoms with Crippen molar-refractivity contribution >= 4 is 23.0 Å². The van der Waals surface area contributed by atoms with Crippen LogP contribution in [0.25, 0.3) is 0 Å². The van der Waals surface area contributed by atoms with Crippen LogP contribution in [0.5, 0.6) is 0 Å². The van der Waals surface area contributed by atoms with Gasteiger partial charge in [0.05, 0.1) is 35.5 Å². The van der Waals surface area contributed by atoms with Crippen molar-refractivity contribution < 1.29 is 23.2 Å². The Bertz CT molecular complexity index is 1030. The molecule has 0 saturated carbocycles. The van der Waals surface area contributed by atoms with Gasteiger partial charge in [0.15, 0.2) is 5.82 Å². The van der Waals surface area contributed by atoms with Crippen LogP contribution in [-0.2, 0) is 4.74 Å². The average Bonchev–Trinajstić information content (AvgIpc) is 2.79. The molecular formula is C22H24F2N4O4. The van der Waals surface area contributed by atoms with Crippen molar-refractivity contribution in [2.45, 2.75) is 13.0 Å². The van der Waals surface area contributed by atoms with Gasteiger partial charge >= 0.3 is 0 Å². The van der Waals surface area contributed by atoms with Gasteiger partial charge in [-0.1, -0.05) is 12.1 Å². The lowest BCUT2D eigenvalue weighted by atomic mass is 10.1. The van der Waals surface area contributed by atoms with Crippen molar-refractivity contribution in [3.63, 3.8) is 0 Å². The molecule has 1 amide bonds. The van der Waals surface area contributed by atoms with E-state index in [0.29, 0.717) is 50.8 Å². The van der Waals surface area contributed by atoms with E-state index < -0.39 is 22.5 Å². The second-order valence-corrected chi connectivity index (χ2v) is 7.92. The van der Waals surface area contributed by atoms with Gasteiger partial charge < -0.3 is 19.4 Å². The number of anilines is 2. The third-order valence-electron chi connectivity index (χ3n) is 5.93. The number of nitro benzene ring substituents is 1. The second kappa shape index (κ2) is 9.07. The van der Waals surface area contributed by atoms with E-state index in [4.69, 9.17) is 4.74 Å². The minimum Gasteiger partial charge on any atom is -0.378 e. The maximum atomic E-state index is 14.7. The predicted molar refractivity (Wildman–Crippen MR) is 115 cm³/mol. The highest BCUT2D eigenvalue weighted by atomic mass is 19.1. The normalized spacial score (nSPS) is 19.2. The zero-order valence-electron chi connectivity index (χ0n) is 17.7. The molecule has 2 saturated heterocycles. The Morgan fingerprint density at radius 3 is 2.41 bits per heavy atom. The molecule has 0 radical (unpaired) electrons. The summed E-state index contributed by atoms with van der Waals surface area (Å²) in [7, 11) is 0. The van der Waals surface area contributed by atoms with Gasteiger partial charge in [0.25, 0.3) is 11.6 Å². The van der Waals surface area contributed by atoms with Crippen LogP contribution in [0, 0.1) is 21.7 Å². The summed E-state index contributed by atoms with van der Waals surface area (Å²) in [5, 5.41) is 11.7. The first-order chi connectivity index (χ1) is 15.4. The molecule has 0 aliphatic carbocycles. The lowest BCUT2D eigenvalue weighted by molar-refractivity contribution is -0.384. The Labute approximate surface area is 184 Å². The van der Waals surface area contributed by atoms with Crippen molar-refractivity contribution in [1.29, 1.82) is 0 Å². The van der Waals surface area contributed by atoms with Crippen LogP contribution in [-0.4, -0.2) is 67.7 Å². The zero-order chi connectivity index (χ0) is 22.8. The van der Waals surface area contributed by atoms with Crippen LogP contribution in [0.2, 0.25) is 0 Å². The van der Waals surface area contributed by atoms with Crippen LogP contribution in [0.15, 0.2) is 36.4 Å². The lowest BCUT2D eigenvalue weighted by Gasteiger charge is -2.41. The minimum atomic E-state index is -0.649. The Hall–Kier alpha value is -3.27. The molecule has 170 valence electrons. The van der Waals surface area contributed by atoms with Gasteiger partial charge in [0.1, 0.15) is 11.5 Å². The lowest BCUT2D eigenvalue weighted by Crippen LogP contribution is -2.54. The van der Waals surface area contributed by atoms with Gasteiger partial charge in [0, 0.05) is 38.8 Å². The molecule has 10 heteroatoms. The first kappa shape index (κ1) is 21.9. The van der Waals surface area contributed by atoms with Crippen molar-refractivity contribution in [3.05, 3.63) is 63.7 Å². The van der Waals surface area contributed by atoms with Crippen LogP contribution < -0.4 is 9.80 Å². The molecule has 1 unspecified atom stereocenters. The number of hydrogen-bond acceptors (Lipinski definition) is 6. The standard InChI is InChI=1S/C22H24F2N4O4/c1-15-14-26(6-7-27(15)22(29)16-4-2-3-5-17(16)23)20-13-19(25-8-10-32-11-9-25)18(24)12-21(20)28(30)31/h2-5,12-13,15H,6-11,14H2,1H3. The number of nitro groups is 1. The number of piperazine rings is 1. The number of ether oxygens (including phenoxy) is 1. The van der Waals surface area contributed by atoms with Crippen molar-refractivity contribution in [1.82, 2.24) is 4.90 Å². The number of amides is 1. The molecule has 2 heterocycles. The Kier molecular flexibility index (Phi) is 6.22. The zero-order valence-corrected chi connectivity index (χ0v) is 17.7. The van der Waals surface area contributed by atoms with Gasteiger partial charge in [-0.05, 0) is 25.1 Å². The molecule has 0 N–H and O–H groups in total. The van der Waals surface area contributed by atoms with E-state index in [2.05, 4.69) is 0 Å². The smallest absolute Gasteiger partial charge is 0.295 e. The van der Waals surface area contributed by atoms with Gasteiger partial charge in [-0.2, -0.15) is 0 Å². The van der Waals surface area contributed by atoms with Crippen LogP contribution in [0.1, 0.15) is 17.3 Å². The molecule has 0 bridgehead atoms. The monoisotopic (exact) mass is 446 g/mol. The van der Waals surface area contributed by atoms with E-state index in [-0.39, 0.29) is 23.8 Å². The molecule has 0 spiro atoms. The van der Waals surface area contributed by atoms with Crippen molar-refractivity contribution in [3.8, 4) is 0 Å². The Morgan fingerprint density at radius 2 is 1.75 bits per heavy atom. The first-order valence-corrected chi connectivity index (χ1v) is 10.5. The van der Waals surface area contributed by atoms with E-state index in [1.54, 1.807) is 15.9 Å². The van der Waals surface area contributed by atoms with E-state index in [1.165, 1.54) is 24.3 Å². The summed E-state index contributed by atoms with van der Waals surface area (Å²) in [6, 6.07) is 7.95. The molecule has 2 aliphatic rings. The molecular weight excluding hydrogens is 422 g/mol. The molecule has 0 aromatic heterocycles. The number of hydrogen-bond donors (Lipinski definition) is 0. The number of nitrogens with zero attached hydrogens (tertiary/aromatic N) is 4. The Morgan fingerprint density at radius 1 is 1.03 bits per heavy atom. The maximum Gasteiger partial charge on any atom is 0.295 e. The fourth-order valence-electron chi connectivity index (χ4n) is 4.25. The summed E-state index contributed by atoms with van der Waals surface area (Å²) >= 11 is 0. The van der Waals surface area contributed by atoms with E-state index in [1.807, 2.05) is 11.8 Å². The molecule has 1 atom stereocenters. The third-order valence-corrected chi connectivity index (χ3v) is 5.93. The fraction of sp³-hybridized carbons (Fsp3) is 0.409. The van der Waals surface area contributed by atoms with Crippen molar-refractivity contribution in [2.75, 3.05) is 55.7 Å². The van der Waals surface area contributed by atoms with Crippen LogP contribution in [0.4, 0.5) is 25.8 Å². The van der Waals surface area contributed by atoms with E-state index in [9.17, 15) is 23.7 Å². The molecule has 2 aliphatic heterocycles. The number of halogens is 2. The number of rotatable bonds is 4. The highest BCUT2D eigenvalue weighted by Gasteiger charge is 2.33. The average molecular weight is 446 g/mol. The number of carbonyl (C=O) groups is 1. The summed E-state index contributed by atoms with van der Waals surface area (Å²) in [6.45, 7) is 4.58. The largest absolute Gasteiger partial charge is 0.378 e. The molecule has 4 rings (SSSR count). The summed E-state index contributed by atoms with van der Waals surface area (Å²) < 4.78 is 34.1. The van der Waals surface area contributed by atoms with Gasteiger partial charge in [-0.15, -0.1) is 0 Å².